The number of anilines is 1. The fourth-order valence-electron chi connectivity index (χ4n) is 2.94. The van der Waals surface area contributed by atoms with Crippen LogP contribution in [0.5, 0.6) is 5.75 Å². The van der Waals surface area contributed by atoms with Gasteiger partial charge in [-0.15, -0.1) is 0 Å². The van der Waals surface area contributed by atoms with Crippen LogP contribution in [0.2, 0.25) is 0 Å². The number of amides is 1. The summed E-state index contributed by atoms with van der Waals surface area (Å²) in [5.74, 6) is 0.716. The van der Waals surface area contributed by atoms with Crippen molar-refractivity contribution in [2.24, 2.45) is 0 Å². The molecule has 0 aliphatic heterocycles. The van der Waals surface area contributed by atoms with Crippen molar-refractivity contribution in [2.75, 3.05) is 26.5 Å². The van der Waals surface area contributed by atoms with E-state index in [-0.39, 0.29) is 34.4 Å². The maximum absolute atomic E-state index is 12.4. The Morgan fingerprint density at radius 2 is 2.04 bits per heavy atom. The summed E-state index contributed by atoms with van der Waals surface area (Å²) < 4.78 is 10.8. The molecule has 1 unspecified atom stereocenters. The van der Waals surface area contributed by atoms with E-state index in [0.29, 0.717) is 12.2 Å². The van der Waals surface area contributed by atoms with Gasteiger partial charge >= 0.3 is 0 Å². The molecule has 0 spiro atoms. The smallest absolute Gasteiger partial charge is 0.257 e. The van der Waals surface area contributed by atoms with Crippen LogP contribution in [0.25, 0.3) is 0 Å². The number of Topliss-reactive ketones (excluding diaryl/α,β-unsaturated/α-hetero) is 1. The summed E-state index contributed by atoms with van der Waals surface area (Å²) in [6.07, 6.45) is -0.715. The summed E-state index contributed by atoms with van der Waals surface area (Å²) in [6, 6.07) is 8.46. The summed E-state index contributed by atoms with van der Waals surface area (Å²) in [4.78, 5) is 26.0. The molecule has 1 aromatic heterocycles. The highest BCUT2D eigenvalue weighted by molar-refractivity contribution is 6.11. The average Bonchev–Trinajstić information content (AvgIpc) is 3.08. The Balaban J connectivity index is 1.85. The van der Waals surface area contributed by atoms with Gasteiger partial charge in [0.15, 0.2) is 11.9 Å². The number of hydrogen-bond acceptors (Lipinski definition) is 7. The number of ether oxygens (including phenoxy) is 1. The Morgan fingerprint density at radius 3 is 2.64 bits per heavy atom. The zero-order valence-corrected chi connectivity index (χ0v) is 16.2. The average molecular weight is 385 g/mol. The quantitative estimate of drug-likeness (QED) is 0.626. The monoisotopic (exact) mass is 385 g/mol. The minimum atomic E-state index is -0.715. The number of aryl methyl sites for hydroxylation is 1. The number of carbonyl (C=O) groups excluding carboxylic acids is 2. The van der Waals surface area contributed by atoms with Crippen LogP contribution < -0.4 is 10.6 Å². The number of phenols is 1. The van der Waals surface area contributed by atoms with Crippen LogP contribution in [0.4, 0.5) is 5.69 Å². The number of ketones is 1. The predicted molar refractivity (Wildman–Crippen MR) is 103 cm³/mol. The second-order valence-corrected chi connectivity index (χ2v) is 6.66. The molecule has 1 aliphatic rings. The molecule has 1 aliphatic carbocycles. The van der Waals surface area contributed by atoms with E-state index < -0.39 is 6.10 Å². The SMILES string of the molecule is COC1C(=O)C(Nc2cccc(C(=O)N(C)C)c2O)=C1NCc1ccc(C)o1. The van der Waals surface area contributed by atoms with Crippen LogP contribution in [0.1, 0.15) is 21.9 Å². The molecule has 8 nitrogen and oxygen atoms in total. The first-order valence-corrected chi connectivity index (χ1v) is 8.74. The van der Waals surface area contributed by atoms with Crippen molar-refractivity contribution in [1.82, 2.24) is 10.2 Å². The van der Waals surface area contributed by atoms with Crippen LogP contribution in [-0.4, -0.2) is 49.0 Å². The lowest BCUT2D eigenvalue weighted by Gasteiger charge is -2.32. The number of carbonyl (C=O) groups is 2. The topological polar surface area (TPSA) is 104 Å². The van der Waals surface area contributed by atoms with E-state index in [9.17, 15) is 14.7 Å². The normalized spacial score (nSPS) is 16.0. The van der Waals surface area contributed by atoms with Gasteiger partial charge in [-0.1, -0.05) is 6.07 Å². The summed E-state index contributed by atoms with van der Waals surface area (Å²) in [5.41, 5.74) is 1.25. The van der Waals surface area contributed by atoms with Crippen molar-refractivity contribution in [3.63, 3.8) is 0 Å². The Labute approximate surface area is 162 Å². The number of benzene rings is 1. The maximum atomic E-state index is 12.4. The molecule has 1 atom stereocenters. The van der Waals surface area contributed by atoms with E-state index in [4.69, 9.17) is 9.15 Å². The molecular formula is C20H23N3O5. The highest BCUT2D eigenvalue weighted by Crippen LogP contribution is 2.33. The zero-order valence-electron chi connectivity index (χ0n) is 16.2. The van der Waals surface area contributed by atoms with Crippen molar-refractivity contribution in [3.8, 4) is 5.75 Å². The molecule has 2 aromatic rings. The molecule has 0 saturated heterocycles. The Hall–Kier alpha value is -3.26. The fraction of sp³-hybridized carbons (Fsp3) is 0.300. The fourth-order valence-corrected chi connectivity index (χ4v) is 2.94. The molecule has 1 aromatic carbocycles. The molecule has 3 N–H and O–H groups in total. The number of furan rings is 1. The number of nitrogens with zero attached hydrogens (tertiary/aromatic N) is 1. The zero-order chi connectivity index (χ0) is 20.4. The largest absolute Gasteiger partial charge is 0.505 e. The second kappa shape index (κ2) is 7.77. The minimum absolute atomic E-state index is 0.145. The van der Waals surface area contributed by atoms with Crippen LogP contribution in [-0.2, 0) is 16.1 Å². The molecule has 8 heteroatoms. The number of nitrogens with one attached hydrogen (secondary N) is 2. The van der Waals surface area contributed by atoms with Gasteiger partial charge in [-0.2, -0.15) is 0 Å². The van der Waals surface area contributed by atoms with Crippen LogP contribution in [0.15, 0.2) is 46.1 Å². The molecule has 28 heavy (non-hydrogen) atoms. The molecule has 1 heterocycles. The third-order valence-corrected chi connectivity index (χ3v) is 4.43. The number of hydrogen-bond donors (Lipinski definition) is 3. The van der Waals surface area contributed by atoms with Gasteiger partial charge in [-0.3, -0.25) is 9.59 Å². The van der Waals surface area contributed by atoms with E-state index in [1.807, 2.05) is 19.1 Å². The summed E-state index contributed by atoms with van der Waals surface area (Å²) in [5, 5.41) is 16.5. The highest BCUT2D eigenvalue weighted by Gasteiger charge is 2.40. The van der Waals surface area contributed by atoms with Crippen molar-refractivity contribution < 1.29 is 23.8 Å². The van der Waals surface area contributed by atoms with Crippen molar-refractivity contribution in [3.05, 3.63) is 58.8 Å². The van der Waals surface area contributed by atoms with Crippen molar-refractivity contribution in [2.45, 2.75) is 19.6 Å². The predicted octanol–water partition coefficient (Wildman–Crippen LogP) is 2.01. The minimum Gasteiger partial charge on any atom is -0.505 e. The van der Waals surface area contributed by atoms with Gasteiger partial charge in [-0.05, 0) is 31.2 Å². The molecule has 148 valence electrons. The first kappa shape index (κ1) is 19.5. The lowest BCUT2D eigenvalue weighted by molar-refractivity contribution is -0.126. The van der Waals surface area contributed by atoms with Gasteiger partial charge in [0, 0.05) is 21.2 Å². The van der Waals surface area contributed by atoms with Gasteiger partial charge in [-0.25, -0.2) is 0 Å². The van der Waals surface area contributed by atoms with Gasteiger partial charge in [0.2, 0.25) is 5.78 Å². The molecule has 1 amide bonds. The Kier molecular flexibility index (Phi) is 5.41. The van der Waals surface area contributed by atoms with Crippen molar-refractivity contribution >= 4 is 17.4 Å². The Bertz CT molecular complexity index is 945. The van der Waals surface area contributed by atoms with Gasteiger partial charge in [0.05, 0.1) is 23.5 Å². The van der Waals surface area contributed by atoms with Crippen LogP contribution >= 0.6 is 0 Å². The van der Waals surface area contributed by atoms with E-state index in [1.54, 1.807) is 26.2 Å². The highest BCUT2D eigenvalue weighted by atomic mass is 16.5. The molecule has 3 rings (SSSR count). The standard InChI is InChI=1S/C20H23N3O5/c1-11-8-9-12(28-11)10-21-16-15(18(25)19(16)27-4)22-14-7-5-6-13(17(14)24)20(26)23(2)3/h5-9,19,21-22,24H,10H2,1-4H3. The number of methoxy groups -OCH3 is 1. The van der Waals surface area contributed by atoms with Gasteiger partial charge in [0.25, 0.3) is 5.91 Å². The van der Waals surface area contributed by atoms with E-state index in [0.717, 1.165) is 11.5 Å². The third kappa shape index (κ3) is 3.59. The number of phenolic OH excluding ortho intramolecular Hbond substituents is 1. The molecule has 0 fully saturated rings. The van der Waals surface area contributed by atoms with Crippen LogP contribution in [0, 0.1) is 6.92 Å². The molecule has 0 radical (unpaired) electrons. The van der Waals surface area contributed by atoms with Gasteiger partial charge in [0.1, 0.15) is 17.2 Å². The van der Waals surface area contributed by atoms with Crippen molar-refractivity contribution in [1.29, 1.82) is 0 Å². The lowest BCUT2D eigenvalue weighted by Crippen LogP contribution is -2.46. The van der Waals surface area contributed by atoms with E-state index in [1.165, 1.54) is 18.1 Å². The summed E-state index contributed by atoms with van der Waals surface area (Å²) in [6.45, 7) is 2.23. The molecule has 0 saturated carbocycles. The first-order valence-electron chi connectivity index (χ1n) is 8.74. The van der Waals surface area contributed by atoms with E-state index >= 15 is 0 Å². The molecular weight excluding hydrogens is 362 g/mol. The third-order valence-electron chi connectivity index (χ3n) is 4.43. The van der Waals surface area contributed by atoms with E-state index in [2.05, 4.69) is 10.6 Å². The number of aromatic hydroxyl groups is 1. The summed E-state index contributed by atoms with van der Waals surface area (Å²) >= 11 is 0. The van der Waals surface area contributed by atoms with Gasteiger partial charge < -0.3 is 29.8 Å². The Morgan fingerprint density at radius 1 is 1.29 bits per heavy atom. The summed E-state index contributed by atoms with van der Waals surface area (Å²) in [7, 11) is 4.65. The second-order valence-electron chi connectivity index (χ2n) is 6.66. The number of para-hydroxylation sites is 1. The lowest BCUT2D eigenvalue weighted by atomic mass is 9.94. The number of rotatable bonds is 7. The maximum Gasteiger partial charge on any atom is 0.257 e. The molecule has 0 bridgehead atoms. The first-order chi connectivity index (χ1) is 13.3. The van der Waals surface area contributed by atoms with Crippen LogP contribution in [0.3, 0.4) is 0 Å².